The Kier molecular flexibility index (Phi) is 2.66. The van der Waals surface area contributed by atoms with Gasteiger partial charge in [0.05, 0.1) is 11.6 Å². The van der Waals surface area contributed by atoms with E-state index in [9.17, 15) is 4.79 Å². The Balaban J connectivity index is 2.00. The summed E-state index contributed by atoms with van der Waals surface area (Å²) in [6.07, 6.45) is 2.37. The van der Waals surface area contributed by atoms with Gasteiger partial charge in [0, 0.05) is 12.1 Å². The molecule has 1 aromatic rings. The molecule has 1 fully saturated rings. The molecule has 2 rings (SSSR count). The van der Waals surface area contributed by atoms with Gasteiger partial charge in [-0.1, -0.05) is 13.0 Å². The van der Waals surface area contributed by atoms with Gasteiger partial charge in [-0.2, -0.15) is 5.26 Å². The van der Waals surface area contributed by atoms with Crippen LogP contribution in [0.3, 0.4) is 0 Å². The van der Waals surface area contributed by atoms with Gasteiger partial charge in [0.2, 0.25) is 0 Å². The second kappa shape index (κ2) is 3.97. The average molecular weight is 214 g/mol. The number of benzene rings is 1. The second-order valence-electron chi connectivity index (χ2n) is 4.69. The lowest BCUT2D eigenvalue weighted by Crippen LogP contribution is -2.28. The minimum atomic E-state index is -0.0924. The summed E-state index contributed by atoms with van der Waals surface area (Å²) in [4.78, 5) is 11.8. The second-order valence-corrected chi connectivity index (χ2v) is 4.69. The van der Waals surface area contributed by atoms with E-state index in [1.54, 1.807) is 24.3 Å². The van der Waals surface area contributed by atoms with Gasteiger partial charge in [-0.25, -0.2) is 0 Å². The van der Waals surface area contributed by atoms with E-state index in [1.165, 1.54) is 12.8 Å². The zero-order chi connectivity index (χ0) is 11.6. The number of carbonyl (C=O) groups is 1. The van der Waals surface area contributed by atoms with E-state index in [0.29, 0.717) is 16.5 Å². The van der Waals surface area contributed by atoms with Crippen molar-refractivity contribution in [3.63, 3.8) is 0 Å². The number of hydrogen-bond acceptors (Lipinski definition) is 2. The van der Waals surface area contributed by atoms with Gasteiger partial charge in [-0.05, 0) is 36.5 Å². The Labute approximate surface area is 95.1 Å². The summed E-state index contributed by atoms with van der Waals surface area (Å²) in [6.45, 7) is 2.89. The molecule has 1 aromatic carbocycles. The van der Waals surface area contributed by atoms with E-state index in [2.05, 4.69) is 12.2 Å². The first-order valence-corrected chi connectivity index (χ1v) is 5.41. The average Bonchev–Trinajstić information content (AvgIpc) is 3.05. The molecule has 0 radical (unpaired) electrons. The molecule has 1 N–H and O–H groups in total. The van der Waals surface area contributed by atoms with Gasteiger partial charge in [0.15, 0.2) is 0 Å². The number of carbonyl (C=O) groups excluding carboxylic acids is 1. The lowest BCUT2D eigenvalue weighted by Gasteiger charge is -2.09. The van der Waals surface area contributed by atoms with E-state index < -0.39 is 0 Å². The van der Waals surface area contributed by atoms with Crippen LogP contribution in [0.4, 0.5) is 0 Å². The Morgan fingerprint density at radius 1 is 1.56 bits per heavy atom. The highest BCUT2D eigenvalue weighted by atomic mass is 16.1. The summed E-state index contributed by atoms with van der Waals surface area (Å²) in [7, 11) is 0. The van der Waals surface area contributed by atoms with Crippen molar-refractivity contribution in [3.8, 4) is 6.07 Å². The highest BCUT2D eigenvalue weighted by Crippen LogP contribution is 2.44. The first-order chi connectivity index (χ1) is 7.63. The number of rotatable bonds is 3. The highest BCUT2D eigenvalue weighted by Gasteiger charge is 2.37. The molecule has 0 bridgehead atoms. The molecular weight excluding hydrogens is 200 g/mol. The maximum absolute atomic E-state index is 11.8. The predicted octanol–water partition coefficient (Wildman–Crippen LogP) is 2.09. The molecule has 0 saturated heterocycles. The minimum Gasteiger partial charge on any atom is -0.351 e. The van der Waals surface area contributed by atoms with Gasteiger partial charge in [-0.15, -0.1) is 0 Å². The molecule has 1 amide bonds. The molecule has 0 aromatic heterocycles. The normalized spacial score (nSPS) is 16.2. The lowest BCUT2D eigenvalue weighted by molar-refractivity contribution is 0.0946. The Bertz CT molecular complexity index is 455. The van der Waals surface area contributed by atoms with Crippen LogP contribution in [-0.4, -0.2) is 12.5 Å². The summed E-state index contributed by atoms with van der Waals surface area (Å²) >= 11 is 0. The van der Waals surface area contributed by atoms with Crippen LogP contribution < -0.4 is 5.32 Å². The molecule has 3 heteroatoms. The van der Waals surface area contributed by atoms with Crippen molar-refractivity contribution in [2.75, 3.05) is 6.54 Å². The van der Waals surface area contributed by atoms with E-state index in [4.69, 9.17) is 5.26 Å². The van der Waals surface area contributed by atoms with E-state index >= 15 is 0 Å². The standard InChI is InChI=1S/C13H14N2O/c1-13(5-6-13)9-15-12(16)11-4-2-3-10(7-11)8-14/h2-4,7H,5-6,9H2,1H3,(H,15,16). The highest BCUT2D eigenvalue weighted by molar-refractivity contribution is 5.94. The number of nitrogens with zero attached hydrogens (tertiary/aromatic N) is 1. The fourth-order valence-electron chi connectivity index (χ4n) is 1.52. The molecular formula is C13H14N2O. The van der Waals surface area contributed by atoms with E-state index in [1.807, 2.05) is 6.07 Å². The summed E-state index contributed by atoms with van der Waals surface area (Å²) in [5.74, 6) is -0.0924. The smallest absolute Gasteiger partial charge is 0.251 e. The third-order valence-electron chi connectivity index (χ3n) is 3.03. The molecule has 3 nitrogen and oxygen atoms in total. The van der Waals surface area contributed by atoms with Crippen LogP contribution in [-0.2, 0) is 0 Å². The van der Waals surface area contributed by atoms with Crippen LogP contribution in [0.1, 0.15) is 35.7 Å². The van der Waals surface area contributed by atoms with Crippen molar-refractivity contribution in [2.45, 2.75) is 19.8 Å². The fraction of sp³-hybridized carbons (Fsp3) is 0.385. The van der Waals surface area contributed by atoms with Crippen LogP contribution >= 0.6 is 0 Å². The zero-order valence-corrected chi connectivity index (χ0v) is 9.29. The molecule has 0 heterocycles. The van der Waals surface area contributed by atoms with Gasteiger partial charge in [-0.3, -0.25) is 4.79 Å². The summed E-state index contributed by atoms with van der Waals surface area (Å²) in [5.41, 5.74) is 1.39. The summed E-state index contributed by atoms with van der Waals surface area (Å²) in [5, 5.41) is 11.6. The largest absolute Gasteiger partial charge is 0.351 e. The number of amides is 1. The Morgan fingerprint density at radius 2 is 2.31 bits per heavy atom. The maximum atomic E-state index is 11.8. The quantitative estimate of drug-likeness (QED) is 0.837. The minimum absolute atomic E-state index is 0.0924. The molecule has 0 unspecified atom stereocenters. The van der Waals surface area contributed by atoms with Crippen molar-refractivity contribution in [1.82, 2.24) is 5.32 Å². The SMILES string of the molecule is CC1(CNC(=O)c2cccc(C#N)c2)CC1. The van der Waals surface area contributed by atoms with Crippen molar-refractivity contribution in [2.24, 2.45) is 5.41 Å². The Morgan fingerprint density at radius 3 is 2.94 bits per heavy atom. The monoisotopic (exact) mass is 214 g/mol. The van der Waals surface area contributed by atoms with Crippen molar-refractivity contribution >= 4 is 5.91 Å². The van der Waals surface area contributed by atoms with Crippen molar-refractivity contribution in [1.29, 1.82) is 5.26 Å². The molecule has 1 aliphatic rings. The molecule has 0 atom stereocenters. The number of nitrogens with one attached hydrogen (secondary N) is 1. The summed E-state index contributed by atoms with van der Waals surface area (Å²) in [6, 6.07) is 8.79. The van der Waals surface area contributed by atoms with Crippen molar-refractivity contribution < 1.29 is 4.79 Å². The maximum Gasteiger partial charge on any atom is 0.251 e. The van der Waals surface area contributed by atoms with Gasteiger partial charge in [0.25, 0.3) is 5.91 Å². The predicted molar refractivity (Wildman–Crippen MR) is 60.8 cm³/mol. The van der Waals surface area contributed by atoms with Crippen LogP contribution in [0.15, 0.2) is 24.3 Å². The fourth-order valence-corrected chi connectivity index (χ4v) is 1.52. The van der Waals surface area contributed by atoms with Gasteiger partial charge in [0.1, 0.15) is 0 Å². The molecule has 1 saturated carbocycles. The first-order valence-electron chi connectivity index (χ1n) is 5.41. The summed E-state index contributed by atoms with van der Waals surface area (Å²) < 4.78 is 0. The Hall–Kier alpha value is -1.82. The number of nitriles is 1. The van der Waals surface area contributed by atoms with Gasteiger partial charge >= 0.3 is 0 Å². The van der Waals surface area contributed by atoms with E-state index in [-0.39, 0.29) is 5.91 Å². The number of hydrogen-bond donors (Lipinski definition) is 1. The zero-order valence-electron chi connectivity index (χ0n) is 9.29. The molecule has 82 valence electrons. The molecule has 0 spiro atoms. The molecule has 1 aliphatic carbocycles. The van der Waals surface area contributed by atoms with E-state index in [0.717, 1.165) is 6.54 Å². The van der Waals surface area contributed by atoms with Crippen LogP contribution in [0.2, 0.25) is 0 Å². The molecule has 0 aliphatic heterocycles. The van der Waals surface area contributed by atoms with Crippen LogP contribution in [0, 0.1) is 16.7 Å². The third kappa shape index (κ3) is 2.40. The molecule has 16 heavy (non-hydrogen) atoms. The first kappa shape index (κ1) is 10.7. The van der Waals surface area contributed by atoms with Crippen LogP contribution in [0.25, 0.3) is 0 Å². The van der Waals surface area contributed by atoms with Crippen molar-refractivity contribution in [3.05, 3.63) is 35.4 Å². The van der Waals surface area contributed by atoms with Crippen LogP contribution in [0.5, 0.6) is 0 Å². The third-order valence-corrected chi connectivity index (χ3v) is 3.03. The topological polar surface area (TPSA) is 52.9 Å². The van der Waals surface area contributed by atoms with Gasteiger partial charge < -0.3 is 5.32 Å². The lowest BCUT2D eigenvalue weighted by atomic mass is 10.1.